The lowest BCUT2D eigenvalue weighted by Gasteiger charge is -2.24. The Morgan fingerprint density at radius 3 is 2.75 bits per heavy atom. The number of nitrogens with one attached hydrogen (secondary N) is 1. The highest BCUT2D eigenvalue weighted by Gasteiger charge is 2.32. The van der Waals surface area contributed by atoms with E-state index in [9.17, 15) is 4.79 Å². The van der Waals surface area contributed by atoms with Gasteiger partial charge in [-0.15, -0.1) is 0 Å². The molecule has 0 saturated heterocycles. The highest BCUT2D eigenvalue weighted by Crippen LogP contribution is 2.38. The first kappa shape index (κ1) is 12.9. The van der Waals surface area contributed by atoms with Gasteiger partial charge in [-0.3, -0.25) is 9.48 Å². The van der Waals surface area contributed by atoms with Crippen molar-refractivity contribution in [3.8, 4) is 0 Å². The van der Waals surface area contributed by atoms with Gasteiger partial charge in [0, 0.05) is 42.8 Å². The zero-order valence-electron chi connectivity index (χ0n) is 12.2. The van der Waals surface area contributed by atoms with E-state index in [1.807, 2.05) is 31.0 Å². The second-order valence-corrected chi connectivity index (χ2v) is 5.64. The molecular weight excluding hydrogens is 254 g/mol. The normalized spacial score (nSPS) is 18.2. The van der Waals surface area contributed by atoms with Crippen molar-refractivity contribution in [2.75, 3.05) is 5.32 Å². The molecule has 0 aliphatic carbocycles. The molecule has 1 amide bonds. The standard InChI is InChI=1S/C14H19N5O/c1-8(2)19-14-11(6-15-19)10(5-13(20)16-14)12-7-18(4)17-9(12)3/h6-8,10H,5H2,1-4H3,(H,16,20)/t10-/m0/s1. The summed E-state index contributed by atoms with van der Waals surface area (Å²) in [7, 11) is 1.90. The predicted octanol–water partition coefficient (Wildman–Crippen LogP) is 1.98. The van der Waals surface area contributed by atoms with Crippen LogP contribution in [0.4, 0.5) is 5.82 Å². The summed E-state index contributed by atoms with van der Waals surface area (Å²) in [5.41, 5.74) is 3.15. The number of carbonyl (C=O) groups excluding carboxylic acids is 1. The molecular formula is C14H19N5O. The largest absolute Gasteiger partial charge is 0.311 e. The Hall–Kier alpha value is -2.11. The summed E-state index contributed by atoms with van der Waals surface area (Å²) in [5, 5.41) is 11.8. The predicted molar refractivity (Wildman–Crippen MR) is 75.6 cm³/mol. The van der Waals surface area contributed by atoms with E-state index >= 15 is 0 Å². The minimum Gasteiger partial charge on any atom is -0.311 e. The molecule has 2 aromatic rings. The highest BCUT2D eigenvalue weighted by molar-refractivity contribution is 5.94. The van der Waals surface area contributed by atoms with Crippen LogP contribution in [0.25, 0.3) is 0 Å². The van der Waals surface area contributed by atoms with Gasteiger partial charge in [-0.25, -0.2) is 4.68 Å². The number of hydrogen-bond donors (Lipinski definition) is 1. The number of carbonyl (C=O) groups is 1. The van der Waals surface area contributed by atoms with Gasteiger partial charge in [0.05, 0.1) is 11.9 Å². The molecule has 3 rings (SSSR count). The van der Waals surface area contributed by atoms with Crippen molar-refractivity contribution >= 4 is 11.7 Å². The minimum atomic E-state index is 0.0353. The van der Waals surface area contributed by atoms with Crippen molar-refractivity contribution < 1.29 is 4.79 Å². The van der Waals surface area contributed by atoms with E-state index in [2.05, 4.69) is 29.4 Å². The molecule has 6 nitrogen and oxygen atoms in total. The second-order valence-electron chi connectivity index (χ2n) is 5.64. The number of amides is 1. The van der Waals surface area contributed by atoms with Crippen molar-refractivity contribution in [3.63, 3.8) is 0 Å². The van der Waals surface area contributed by atoms with Crippen LogP contribution in [-0.2, 0) is 11.8 Å². The summed E-state index contributed by atoms with van der Waals surface area (Å²) in [6.45, 7) is 6.09. The summed E-state index contributed by atoms with van der Waals surface area (Å²) in [5.74, 6) is 0.901. The number of rotatable bonds is 2. The number of nitrogens with zero attached hydrogens (tertiary/aromatic N) is 4. The van der Waals surface area contributed by atoms with Crippen LogP contribution in [-0.4, -0.2) is 25.5 Å². The van der Waals surface area contributed by atoms with E-state index in [4.69, 9.17) is 0 Å². The Labute approximate surface area is 117 Å². The molecule has 0 fully saturated rings. The van der Waals surface area contributed by atoms with Crippen LogP contribution < -0.4 is 5.32 Å². The number of aryl methyl sites for hydroxylation is 2. The fourth-order valence-corrected chi connectivity index (χ4v) is 2.87. The van der Waals surface area contributed by atoms with Crippen LogP contribution in [0.3, 0.4) is 0 Å². The molecule has 2 aromatic heterocycles. The minimum absolute atomic E-state index is 0.0353. The van der Waals surface area contributed by atoms with Crippen LogP contribution in [0.15, 0.2) is 12.4 Å². The van der Waals surface area contributed by atoms with Gasteiger partial charge in [0.15, 0.2) is 0 Å². The number of hydrogen-bond acceptors (Lipinski definition) is 3. The Morgan fingerprint density at radius 2 is 2.15 bits per heavy atom. The molecule has 1 atom stereocenters. The van der Waals surface area contributed by atoms with E-state index in [0.717, 1.165) is 22.6 Å². The average molecular weight is 273 g/mol. The molecule has 3 heterocycles. The molecule has 0 radical (unpaired) electrons. The van der Waals surface area contributed by atoms with Gasteiger partial charge in [0.25, 0.3) is 0 Å². The molecule has 0 unspecified atom stereocenters. The fourth-order valence-electron chi connectivity index (χ4n) is 2.87. The van der Waals surface area contributed by atoms with Crippen molar-refractivity contribution in [1.29, 1.82) is 0 Å². The van der Waals surface area contributed by atoms with Crippen molar-refractivity contribution in [2.45, 2.75) is 39.2 Å². The van der Waals surface area contributed by atoms with Gasteiger partial charge >= 0.3 is 0 Å². The maximum atomic E-state index is 12.0. The SMILES string of the molecule is Cc1nn(C)cc1[C@H]1CC(=O)Nc2c1cnn2C(C)C. The molecule has 1 N–H and O–H groups in total. The monoisotopic (exact) mass is 273 g/mol. The smallest absolute Gasteiger partial charge is 0.226 e. The molecule has 1 aliphatic heterocycles. The van der Waals surface area contributed by atoms with E-state index in [-0.39, 0.29) is 17.9 Å². The third-order valence-electron chi connectivity index (χ3n) is 3.76. The van der Waals surface area contributed by atoms with Crippen LogP contribution in [0.2, 0.25) is 0 Å². The summed E-state index contributed by atoms with van der Waals surface area (Å²) in [4.78, 5) is 12.0. The van der Waals surface area contributed by atoms with Crippen molar-refractivity contribution in [2.24, 2.45) is 7.05 Å². The van der Waals surface area contributed by atoms with Crippen LogP contribution in [0, 0.1) is 6.92 Å². The Kier molecular flexibility index (Phi) is 2.88. The Morgan fingerprint density at radius 1 is 1.40 bits per heavy atom. The van der Waals surface area contributed by atoms with Crippen molar-refractivity contribution in [1.82, 2.24) is 19.6 Å². The van der Waals surface area contributed by atoms with Gasteiger partial charge in [-0.1, -0.05) is 0 Å². The third-order valence-corrected chi connectivity index (χ3v) is 3.76. The van der Waals surface area contributed by atoms with Gasteiger partial charge in [-0.2, -0.15) is 10.2 Å². The third kappa shape index (κ3) is 1.92. The molecule has 6 heteroatoms. The lowest BCUT2D eigenvalue weighted by molar-refractivity contribution is -0.116. The number of aromatic nitrogens is 4. The van der Waals surface area contributed by atoms with Gasteiger partial charge < -0.3 is 5.32 Å². The molecule has 0 aromatic carbocycles. The van der Waals surface area contributed by atoms with Gasteiger partial charge in [0.1, 0.15) is 5.82 Å². The van der Waals surface area contributed by atoms with Crippen molar-refractivity contribution in [3.05, 3.63) is 29.2 Å². The first-order valence-corrected chi connectivity index (χ1v) is 6.84. The quantitative estimate of drug-likeness (QED) is 0.910. The first-order valence-electron chi connectivity index (χ1n) is 6.84. The highest BCUT2D eigenvalue weighted by atomic mass is 16.1. The lowest BCUT2D eigenvalue weighted by atomic mass is 9.88. The zero-order chi connectivity index (χ0) is 14.4. The van der Waals surface area contributed by atoms with Crippen LogP contribution >= 0.6 is 0 Å². The van der Waals surface area contributed by atoms with E-state index in [1.54, 1.807) is 4.68 Å². The zero-order valence-corrected chi connectivity index (χ0v) is 12.2. The average Bonchev–Trinajstić information content (AvgIpc) is 2.91. The van der Waals surface area contributed by atoms with Crippen LogP contribution in [0.5, 0.6) is 0 Å². The Bertz CT molecular complexity index is 667. The summed E-state index contributed by atoms with van der Waals surface area (Å²) in [6, 6.07) is 0.216. The lowest BCUT2D eigenvalue weighted by Crippen LogP contribution is -2.25. The van der Waals surface area contributed by atoms with Gasteiger partial charge in [-0.05, 0) is 20.8 Å². The van der Waals surface area contributed by atoms with E-state index in [0.29, 0.717) is 6.42 Å². The van der Waals surface area contributed by atoms with Gasteiger partial charge in [0.2, 0.25) is 5.91 Å². The molecule has 1 aliphatic rings. The maximum Gasteiger partial charge on any atom is 0.226 e. The molecule has 0 bridgehead atoms. The number of anilines is 1. The fraction of sp³-hybridized carbons (Fsp3) is 0.500. The molecule has 106 valence electrons. The van der Waals surface area contributed by atoms with E-state index in [1.165, 1.54) is 0 Å². The molecule has 0 saturated carbocycles. The first-order chi connectivity index (χ1) is 9.47. The Balaban J connectivity index is 2.11. The van der Waals surface area contributed by atoms with Crippen LogP contribution in [0.1, 0.15) is 49.0 Å². The molecule has 20 heavy (non-hydrogen) atoms. The second kappa shape index (κ2) is 4.47. The topological polar surface area (TPSA) is 64.7 Å². The number of fused-ring (bicyclic) bond motifs is 1. The summed E-state index contributed by atoms with van der Waals surface area (Å²) >= 11 is 0. The maximum absolute atomic E-state index is 12.0. The van der Waals surface area contributed by atoms with E-state index < -0.39 is 0 Å². The summed E-state index contributed by atoms with van der Waals surface area (Å²) < 4.78 is 3.66. The summed E-state index contributed by atoms with van der Waals surface area (Å²) in [6.07, 6.45) is 4.31. The molecule has 0 spiro atoms.